The number of hydrogen-bond acceptors (Lipinski definition) is 4. The van der Waals surface area contributed by atoms with Crippen LogP contribution in [0.2, 0.25) is 0 Å². The number of ether oxygens (including phenoxy) is 2. The Hall–Kier alpha value is -2.97. The third-order valence-electron chi connectivity index (χ3n) is 4.82. The number of alkyl halides is 3. The average Bonchev–Trinajstić information content (AvgIpc) is 2.65. The fraction of sp³-hybridized carbons (Fsp3) is 0.400. The van der Waals surface area contributed by atoms with Gasteiger partial charge >= 0.3 is 6.36 Å². The van der Waals surface area contributed by atoms with Crippen molar-refractivity contribution in [3.05, 3.63) is 58.0 Å². The van der Waals surface area contributed by atoms with E-state index in [2.05, 4.69) is 4.74 Å². The number of halogens is 3. The van der Waals surface area contributed by atoms with E-state index in [1.165, 1.54) is 22.8 Å². The third kappa shape index (κ3) is 5.30. The number of aryl methyl sites for hydroxylation is 1. The first kappa shape index (κ1) is 20.8. The minimum atomic E-state index is -4.81. The first-order valence-corrected chi connectivity index (χ1v) is 9.12. The smallest absolute Gasteiger partial charge is 0.490 e. The van der Waals surface area contributed by atoms with Crippen molar-refractivity contribution in [3.63, 3.8) is 0 Å². The first-order chi connectivity index (χ1) is 13.6. The van der Waals surface area contributed by atoms with Gasteiger partial charge < -0.3 is 18.9 Å². The van der Waals surface area contributed by atoms with Crippen LogP contribution in [0.1, 0.15) is 28.9 Å². The van der Waals surface area contributed by atoms with E-state index in [1.807, 2.05) is 6.92 Å². The van der Waals surface area contributed by atoms with Crippen LogP contribution in [0, 0.1) is 6.92 Å². The Morgan fingerprint density at radius 1 is 1.10 bits per heavy atom. The van der Waals surface area contributed by atoms with Crippen LogP contribution in [0.5, 0.6) is 11.5 Å². The second-order valence-corrected chi connectivity index (χ2v) is 6.91. The predicted molar refractivity (Wildman–Crippen MR) is 99.1 cm³/mol. The maximum atomic E-state index is 12.6. The number of carbonyl (C=O) groups is 1. The van der Waals surface area contributed by atoms with Crippen LogP contribution in [0.15, 0.2) is 41.2 Å². The molecule has 1 amide bonds. The molecule has 1 fully saturated rings. The highest BCUT2D eigenvalue weighted by Crippen LogP contribution is 2.25. The molecule has 0 unspecified atom stereocenters. The van der Waals surface area contributed by atoms with Gasteiger partial charge in [-0.3, -0.25) is 9.59 Å². The fourth-order valence-electron chi connectivity index (χ4n) is 3.18. The van der Waals surface area contributed by atoms with Gasteiger partial charge in [-0.05, 0) is 31.2 Å². The predicted octanol–water partition coefficient (Wildman–Crippen LogP) is 3.28. The van der Waals surface area contributed by atoms with Crippen molar-refractivity contribution in [1.29, 1.82) is 0 Å². The van der Waals surface area contributed by atoms with Crippen molar-refractivity contribution >= 4 is 5.91 Å². The van der Waals surface area contributed by atoms with Gasteiger partial charge in [-0.1, -0.05) is 6.07 Å². The molecule has 0 spiro atoms. The fourth-order valence-corrected chi connectivity index (χ4v) is 3.18. The molecule has 29 heavy (non-hydrogen) atoms. The molecule has 0 bridgehead atoms. The highest BCUT2D eigenvalue weighted by Gasteiger charge is 2.31. The van der Waals surface area contributed by atoms with E-state index < -0.39 is 12.1 Å². The molecular weight excluding hydrogens is 389 g/mol. The number of pyridine rings is 1. The van der Waals surface area contributed by atoms with Crippen LogP contribution in [-0.4, -0.2) is 40.9 Å². The van der Waals surface area contributed by atoms with Crippen molar-refractivity contribution in [3.8, 4) is 11.5 Å². The van der Waals surface area contributed by atoms with Crippen LogP contribution in [0.3, 0.4) is 0 Å². The Labute approximate surface area is 165 Å². The number of benzene rings is 1. The zero-order valence-electron chi connectivity index (χ0n) is 16.0. The van der Waals surface area contributed by atoms with Gasteiger partial charge in [0.1, 0.15) is 17.6 Å². The molecule has 1 aromatic heterocycles. The summed E-state index contributed by atoms with van der Waals surface area (Å²) in [4.78, 5) is 26.0. The van der Waals surface area contributed by atoms with Crippen molar-refractivity contribution in [1.82, 2.24) is 9.47 Å². The number of likely N-dealkylation sites (tertiary alicyclic amines) is 1. The molecule has 1 aliphatic heterocycles. The molecule has 2 aromatic rings. The highest BCUT2D eigenvalue weighted by atomic mass is 19.4. The first-order valence-electron chi connectivity index (χ1n) is 9.12. The van der Waals surface area contributed by atoms with Gasteiger partial charge in [0, 0.05) is 50.3 Å². The minimum Gasteiger partial charge on any atom is -0.490 e. The lowest BCUT2D eigenvalue weighted by Gasteiger charge is -2.32. The molecule has 0 saturated carbocycles. The van der Waals surface area contributed by atoms with Gasteiger partial charge in [-0.15, -0.1) is 13.2 Å². The summed E-state index contributed by atoms with van der Waals surface area (Å²) in [5.41, 5.74) is 0.753. The van der Waals surface area contributed by atoms with E-state index in [9.17, 15) is 22.8 Å². The standard InChI is InChI=1S/C20H21F3N2O4/c1-13-10-17(12-18(26)24(13)2)28-15-6-8-25(9-7-15)19(27)14-4-3-5-16(11-14)29-20(21,22)23/h3-5,10-12,15H,6-9H2,1-2H3. The number of amides is 1. The number of carbonyl (C=O) groups excluding carboxylic acids is 1. The van der Waals surface area contributed by atoms with Crippen LogP contribution in [0.25, 0.3) is 0 Å². The Morgan fingerprint density at radius 3 is 2.41 bits per heavy atom. The molecule has 0 N–H and O–H groups in total. The molecule has 9 heteroatoms. The lowest BCUT2D eigenvalue weighted by Crippen LogP contribution is -2.41. The molecule has 1 aliphatic rings. The monoisotopic (exact) mass is 410 g/mol. The average molecular weight is 410 g/mol. The molecule has 1 aromatic carbocycles. The molecule has 3 rings (SSSR count). The Kier molecular flexibility index (Phi) is 5.86. The van der Waals surface area contributed by atoms with Crippen molar-refractivity contribution in [2.75, 3.05) is 13.1 Å². The van der Waals surface area contributed by atoms with Crippen LogP contribution < -0.4 is 15.0 Å². The summed E-state index contributed by atoms with van der Waals surface area (Å²) in [5, 5.41) is 0. The third-order valence-corrected chi connectivity index (χ3v) is 4.82. The molecule has 1 saturated heterocycles. The summed E-state index contributed by atoms with van der Waals surface area (Å²) in [5.74, 6) is -0.296. The number of hydrogen-bond donors (Lipinski definition) is 0. The zero-order chi connectivity index (χ0) is 21.2. The minimum absolute atomic E-state index is 0.133. The lowest BCUT2D eigenvalue weighted by atomic mass is 10.1. The molecule has 2 heterocycles. The molecule has 0 aliphatic carbocycles. The Morgan fingerprint density at radius 2 is 1.79 bits per heavy atom. The summed E-state index contributed by atoms with van der Waals surface area (Å²) >= 11 is 0. The van der Waals surface area contributed by atoms with E-state index >= 15 is 0 Å². The summed E-state index contributed by atoms with van der Waals surface area (Å²) in [6, 6.07) is 8.25. The van der Waals surface area contributed by atoms with E-state index in [-0.39, 0.29) is 23.1 Å². The SMILES string of the molecule is Cc1cc(OC2CCN(C(=O)c3cccc(OC(F)(F)F)c3)CC2)cc(=O)n1C. The van der Waals surface area contributed by atoms with Gasteiger partial charge in [0.05, 0.1) is 0 Å². The van der Waals surface area contributed by atoms with Crippen molar-refractivity contribution < 1.29 is 27.4 Å². The number of nitrogens with zero attached hydrogens (tertiary/aromatic N) is 2. The summed E-state index contributed by atoms with van der Waals surface area (Å²) in [6.45, 7) is 2.61. The highest BCUT2D eigenvalue weighted by molar-refractivity contribution is 5.94. The van der Waals surface area contributed by atoms with Crippen molar-refractivity contribution in [2.24, 2.45) is 7.05 Å². The number of aromatic nitrogens is 1. The van der Waals surface area contributed by atoms with Crippen LogP contribution in [-0.2, 0) is 7.05 Å². The van der Waals surface area contributed by atoms with Gasteiger partial charge in [0.2, 0.25) is 0 Å². The van der Waals surface area contributed by atoms with Gasteiger partial charge in [0.15, 0.2) is 0 Å². The van der Waals surface area contributed by atoms with Gasteiger partial charge in [0.25, 0.3) is 11.5 Å². The van der Waals surface area contributed by atoms with Gasteiger partial charge in [-0.2, -0.15) is 0 Å². The number of piperidine rings is 1. The van der Waals surface area contributed by atoms with Crippen molar-refractivity contribution in [2.45, 2.75) is 32.2 Å². The second-order valence-electron chi connectivity index (χ2n) is 6.91. The maximum Gasteiger partial charge on any atom is 0.573 e. The molecule has 156 valence electrons. The van der Waals surface area contributed by atoms with E-state index in [0.29, 0.717) is 31.7 Å². The zero-order valence-corrected chi connectivity index (χ0v) is 16.0. The molecule has 0 radical (unpaired) electrons. The Bertz CT molecular complexity index is 947. The van der Waals surface area contributed by atoms with Crippen LogP contribution >= 0.6 is 0 Å². The largest absolute Gasteiger partial charge is 0.573 e. The van der Waals surface area contributed by atoms with Crippen LogP contribution in [0.4, 0.5) is 13.2 Å². The quantitative estimate of drug-likeness (QED) is 0.776. The Balaban J connectivity index is 1.60. The molecule has 6 nitrogen and oxygen atoms in total. The maximum absolute atomic E-state index is 12.6. The van der Waals surface area contributed by atoms with E-state index in [0.717, 1.165) is 17.8 Å². The summed E-state index contributed by atoms with van der Waals surface area (Å²) in [6.07, 6.45) is -3.85. The molecule has 0 atom stereocenters. The van der Waals surface area contributed by atoms with E-state index in [1.54, 1.807) is 18.0 Å². The normalized spacial score (nSPS) is 15.3. The summed E-state index contributed by atoms with van der Waals surface area (Å²) in [7, 11) is 1.68. The summed E-state index contributed by atoms with van der Waals surface area (Å²) < 4.78 is 48.4. The topological polar surface area (TPSA) is 60.8 Å². The number of rotatable bonds is 4. The van der Waals surface area contributed by atoms with E-state index in [4.69, 9.17) is 4.74 Å². The van der Waals surface area contributed by atoms with Gasteiger partial charge in [-0.25, -0.2) is 0 Å². The second kappa shape index (κ2) is 8.18. The molecular formula is C20H21F3N2O4. The lowest BCUT2D eigenvalue weighted by molar-refractivity contribution is -0.274.